The van der Waals surface area contributed by atoms with Gasteiger partial charge < -0.3 is 4.42 Å². The smallest absolute Gasteiger partial charge is 0.216 e. The van der Waals surface area contributed by atoms with Crippen LogP contribution in [0.2, 0.25) is 0 Å². The first-order valence-electron chi connectivity index (χ1n) is 6.58. The molecule has 0 saturated carbocycles. The number of hydrogen-bond acceptors (Lipinski definition) is 5. The second kappa shape index (κ2) is 6.31. The first kappa shape index (κ1) is 14.2. The van der Waals surface area contributed by atoms with Gasteiger partial charge in [-0.05, 0) is 55.1 Å². The van der Waals surface area contributed by atoms with Crippen LogP contribution < -0.4 is 0 Å². The van der Waals surface area contributed by atoms with Gasteiger partial charge in [-0.3, -0.25) is 4.98 Å². The van der Waals surface area contributed by atoms with E-state index < -0.39 is 0 Å². The Kier molecular flexibility index (Phi) is 4.06. The highest BCUT2D eigenvalue weighted by molar-refractivity contribution is 7.71. The number of H-pyrrole nitrogens is 1. The molecule has 3 aromatic rings. The van der Waals surface area contributed by atoms with Gasteiger partial charge in [0.2, 0.25) is 4.77 Å². The fourth-order valence-corrected chi connectivity index (χ4v) is 2.05. The summed E-state index contributed by atoms with van der Waals surface area (Å²) in [4.78, 5) is 3.99. The minimum atomic E-state index is 0.425. The monoisotopic (exact) mass is 311 g/mol. The van der Waals surface area contributed by atoms with Gasteiger partial charge in [-0.1, -0.05) is 0 Å². The molecule has 0 radical (unpaired) electrons. The van der Waals surface area contributed by atoms with Crippen molar-refractivity contribution >= 4 is 24.5 Å². The minimum Gasteiger partial charge on any atom is -0.465 e. The van der Waals surface area contributed by atoms with E-state index in [0.717, 1.165) is 16.9 Å². The molecule has 0 aliphatic heterocycles. The third-order valence-corrected chi connectivity index (χ3v) is 3.14. The summed E-state index contributed by atoms with van der Waals surface area (Å²) in [7, 11) is 0. The maximum atomic E-state index is 5.27. The van der Waals surface area contributed by atoms with Gasteiger partial charge in [0.25, 0.3) is 0 Å². The van der Waals surface area contributed by atoms with Crippen LogP contribution in [0, 0.1) is 4.77 Å². The number of hydrogen-bond donors (Lipinski definition) is 1. The molecule has 0 unspecified atom stereocenters. The standard InChI is InChI=1S/C15H13N5OS/c1-11(9-13-3-2-8-21-13)10-17-20-14(18-19-15(20)22)12-4-6-16-7-5-12/h2-10H,1H3,(H,19,22). The summed E-state index contributed by atoms with van der Waals surface area (Å²) in [6, 6.07) is 7.41. The second-order valence-electron chi connectivity index (χ2n) is 4.55. The summed E-state index contributed by atoms with van der Waals surface area (Å²) in [5.74, 6) is 1.41. The number of aromatic amines is 1. The van der Waals surface area contributed by atoms with Crippen molar-refractivity contribution in [3.05, 3.63) is 59.0 Å². The maximum Gasteiger partial charge on any atom is 0.216 e. The first-order valence-corrected chi connectivity index (χ1v) is 6.99. The third-order valence-electron chi connectivity index (χ3n) is 2.88. The Hall–Kier alpha value is -2.80. The Morgan fingerprint density at radius 3 is 2.91 bits per heavy atom. The number of nitrogens with one attached hydrogen (secondary N) is 1. The van der Waals surface area contributed by atoms with Crippen LogP contribution in [-0.4, -0.2) is 26.1 Å². The van der Waals surface area contributed by atoms with Crippen LogP contribution in [-0.2, 0) is 0 Å². The number of furan rings is 1. The zero-order valence-electron chi connectivity index (χ0n) is 11.8. The fourth-order valence-electron chi connectivity index (χ4n) is 1.87. The van der Waals surface area contributed by atoms with E-state index in [1.54, 1.807) is 29.5 Å². The molecule has 0 bridgehead atoms. The molecule has 0 spiro atoms. The molecule has 1 N–H and O–H groups in total. The second-order valence-corrected chi connectivity index (χ2v) is 4.94. The predicted molar refractivity (Wildman–Crippen MR) is 86.9 cm³/mol. The normalized spacial score (nSPS) is 12.1. The lowest BCUT2D eigenvalue weighted by Crippen LogP contribution is -1.95. The summed E-state index contributed by atoms with van der Waals surface area (Å²) in [5.41, 5.74) is 1.81. The van der Waals surface area contributed by atoms with Crippen molar-refractivity contribution in [3.63, 3.8) is 0 Å². The van der Waals surface area contributed by atoms with Crippen LogP contribution in [0.1, 0.15) is 12.7 Å². The van der Waals surface area contributed by atoms with Crippen LogP contribution >= 0.6 is 12.2 Å². The van der Waals surface area contributed by atoms with Gasteiger partial charge in [-0.2, -0.15) is 14.9 Å². The van der Waals surface area contributed by atoms with Crippen molar-refractivity contribution in [2.75, 3.05) is 0 Å². The van der Waals surface area contributed by atoms with E-state index in [9.17, 15) is 0 Å². The molecule has 0 atom stereocenters. The average molecular weight is 311 g/mol. The Labute approximate surface area is 131 Å². The molecular weight excluding hydrogens is 298 g/mol. The first-order chi connectivity index (χ1) is 10.7. The van der Waals surface area contributed by atoms with Crippen molar-refractivity contribution in [1.82, 2.24) is 19.9 Å². The molecule has 3 rings (SSSR count). The van der Waals surface area contributed by atoms with Gasteiger partial charge in [0.15, 0.2) is 5.82 Å². The van der Waals surface area contributed by atoms with Gasteiger partial charge >= 0.3 is 0 Å². The lowest BCUT2D eigenvalue weighted by molar-refractivity contribution is 0.557. The molecular formula is C15H13N5OS. The van der Waals surface area contributed by atoms with Gasteiger partial charge in [0, 0.05) is 18.0 Å². The molecule has 3 aromatic heterocycles. The Balaban J connectivity index is 1.91. The van der Waals surface area contributed by atoms with Crippen LogP contribution in [0.15, 0.2) is 58.0 Å². The van der Waals surface area contributed by atoms with Crippen molar-refractivity contribution in [2.24, 2.45) is 5.10 Å². The molecule has 7 heteroatoms. The Morgan fingerprint density at radius 1 is 1.36 bits per heavy atom. The molecule has 110 valence electrons. The van der Waals surface area contributed by atoms with Gasteiger partial charge in [0.05, 0.1) is 12.5 Å². The lowest BCUT2D eigenvalue weighted by atomic mass is 10.2. The Bertz CT molecular complexity index is 859. The number of rotatable bonds is 4. The summed E-state index contributed by atoms with van der Waals surface area (Å²) in [6.45, 7) is 1.93. The SMILES string of the molecule is CC(C=Nn1c(-c2ccncc2)n[nH]c1=S)=Cc1ccco1. The summed E-state index contributed by atoms with van der Waals surface area (Å²) < 4.78 is 7.27. The molecule has 0 aromatic carbocycles. The average Bonchev–Trinajstić information content (AvgIpc) is 3.16. The van der Waals surface area contributed by atoms with E-state index in [2.05, 4.69) is 20.3 Å². The van der Waals surface area contributed by atoms with E-state index in [4.69, 9.17) is 16.6 Å². The van der Waals surface area contributed by atoms with Crippen LogP contribution in [0.5, 0.6) is 0 Å². The quantitative estimate of drug-likeness (QED) is 0.591. The van der Waals surface area contributed by atoms with Gasteiger partial charge in [0.1, 0.15) is 5.76 Å². The highest BCUT2D eigenvalue weighted by Crippen LogP contribution is 2.15. The molecule has 0 amide bonds. The van der Waals surface area contributed by atoms with Gasteiger partial charge in [-0.25, -0.2) is 5.10 Å². The van der Waals surface area contributed by atoms with E-state index in [-0.39, 0.29) is 0 Å². The summed E-state index contributed by atoms with van der Waals surface area (Å²) in [5, 5.41) is 11.3. The maximum absolute atomic E-state index is 5.27. The summed E-state index contributed by atoms with van der Waals surface area (Å²) in [6.07, 6.45) is 8.62. The van der Waals surface area contributed by atoms with Crippen molar-refractivity contribution in [2.45, 2.75) is 6.92 Å². The minimum absolute atomic E-state index is 0.425. The van der Waals surface area contributed by atoms with Crippen LogP contribution in [0.4, 0.5) is 0 Å². The highest BCUT2D eigenvalue weighted by atomic mass is 32.1. The number of allylic oxidation sites excluding steroid dienone is 1. The van der Waals surface area contributed by atoms with Crippen molar-refractivity contribution in [1.29, 1.82) is 0 Å². The summed E-state index contributed by atoms with van der Waals surface area (Å²) >= 11 is 5.22. The number of aromatic nitrogens is 4. The third kappa shape index (κ3) is 3.09. The molecule has 0 saturated heterocycles. The highest BCUT2D eigenvalue weighted by Gasteiger charge is 2.07. The molecule has 0 aliphatic rings. The number of nitrogens with zero attached hydrogens (tertiary/aromatic N) is 4. The van der Waals surface area contributed by atoms with E-state index in [1.807, 2.05) is 37.3 Å². The molecule has 0 fully saturated rings. The van der Waals surface area contributed by atoms with E-state index in [0.29, 0.717) is 10.6 Å². The molecule has 6 nitrogen and oxygen atoms in total. The lowest BCUT2D eigenvalue weighted by Gasteiger charge is -2.00. The zero-order chi connectivity index (χ0) is 15.4. The van der Waals surface area contributed by atoms with Crippen molar-refractivity contribution in [3.8, 4) is 11.4 Å². The largest absolute Gasteiger partial charge is 0.465 e. The number of pyridine rings is 1. The topological polar surface area (TPSA) is 72.0 Å². The molecule has 3 heterocycles. The van der Waals surface area contributed by atoms with Gasteiger partial charge in [-0.15, -0.1) is 0 Å². The van der Waals surface area contributed by atoms with Crippen LogP contribution in [0.25, 0.3) is 17.5 Å². The Morgan fingerprint density at radius 2 is 2.18 bits per heavy atom. The van der Waals surface area contributed by atoms with Crippen molar-refractivity contribution < 1.29 is 4.42 Å². The zero-order valence-corrected chi connectivity index (χ0v) is 12.6. The van der Waals surface area contributed by atoms with Crippen LogP contribution in [0.3, 0.4) is 0 Å². The molecule has 0 aliphatic carbocycles. The van der Waals surface area contributed by atoms with E-state index in [1.165, 1.54) is 0 Å². The van der Waals surface area contributed by atoms with E-state index >= 15 is 0 Å². The predicted octanol–water partition coefficient (Wildman–Crippen LogP) is 3.53. The fraction of sp³-hybridized carbons (Fsp3) is 0.0667. The molecule has 22 heavy (non-hydrogen) atoms.